The molecule has 0 aromatic carbocycles. The number of aryl methyl sites for hydroxylation is 2. The number of ether oxygens (including phenoxy) is 1. The number of halogens is 1. The molecule has 0 saturated carbocycles. The van der Waals surface area contributed by atoms with E-state index in [4.69, 9.17) is 4.74 Å². The van der Waals surface area contributed by atoms with Crippen molar-refractivity contribution >= 4 is 27.7 Å². The minimum Gasteiger partial charge on any atom is -0.366 e. The lowest BCUT2D eigenvalue weighted by molar-refractivity contribution is -0.143. The van der Waals surface area contributed by atoms with Gasteiger partial charge in [0.15, 0.2) is 0 Å². The van der Waals surface area contributed by atoms with E-state index in [9.17, 15) is 9.59 Å². The third kappa shape index (κ3) is 6.78. The molecule has 142 valence electrons. The fraction of sp³-hybridized carbons (Fsp3) is 0.706. The van der Waals surface area contributed by atoms with Crippen LogP contribution in [0.25, 0.3) is 0 Å². The summed E-state index contributed by atoms with van der Waals surface area (Å²) in [5.74, 6) is -0.276. The molecule has 25 heavy (non-hydrogen) atoms. The molecule has 2 unspecified atom stereocenters. The smallest absolute Gasteiger partial charge is 0.251 e. The number of nitrogens with zero attached hydrogens (tertiary/aromatic N) is 2. The molecule has 0 aliphatic rings. The van der Waals surface area contributed by atoms with Crippen molar-refractivity contribution in [3.63, 3.8) is 0 Å². The van der Waals surface area contributed by atoms with Gasteiger partial charge in [-0.2, -0.15) is 5.10 Å². The lowest BCUT2D eigenvalue weighted by Crippen LogP contribution is -2.54. The van der Waals surface area contributed by atoms with Crippen LogP contribution in [-0.2, 0) is 20.9 Å². The fourth-order valence-corrected chi connectivity index (χ4v) is 2.52. The first-order chi connectivity index (χ1) is 11.6. The SMILES string of the molecule is CCOC(C)(C)C(=O)NC(C)C(C)NC(=O)CCn1cc(Br)c(C)n1. The van der Waals surface area contributed by atoms with Crippen molar-refractivity contribution in [1.29, 1.82) is 0 Å². The van der Waals surface area contributed by atoms with Gasteiger partial charge in [0.05, 0.1) is 10.2 Å². The van der Waals surface area contributed by atoms with Crippen molar-refractivity contribution in [2.24, 2.45) is 0 Å². The summed E-state index contributed by atoms with van der Waals surface area (Å²) in [6.45, 7) is 11.9. The van der Waals surface area contributed by atoms with Gasteiger partial charge >= 0.3 is 0 Å². The average molecular weight is 417 g/mol. The molecule has 1 rings (SSSR count). The van der Waals surface area contributed by atoms with E-state index in [1.807, 2.05) is 33.9 Å². The topological polar surface area (TPSA) is 85.3 Å². The van der Waals surface area contributed by atoms with Crippen LogP contribution in [0.4, 0.5) is 0 Å². The maximum absolute atomic E-state index is 12.2. The van der Waals surface area contributed by atoms with Gasteiger partial charge in [-0.3, -0.25) is 14.3 Å². The highest BCUT2D eigenvalue weighted by Crippen LogP contribution is 2.13. The second-order valence-corrected chi connectivity index (χ2v) is 7.49. The predicted molar refractivity (Wildman–Crippen MR) is 100 cm³/mol. The summed E-state index contributed by atoms with van der Waals surface area (Å²) in [6.07, 6.45) is 2.17. The molecule has 0 spiro atoms. The van der Waals surface area contributed by atoms with Crippen LogP contribution >= 0.6 is 15.9 Å². The number of carbonyl (C=O) groups is 2. The van der Waals surface area contributed by atoms with Gasteiger partial charge in [-0.1, -0.05) is 0 Å². The molecule has 1 aromatic rings. The monoisotopic (exact) mass is 416 g/mol. The van der Waals surface area contributed by atoms with Crippen molar-refractivity contribution in [2.45, 2.75) is 72.2 Å². The van der Waals surface area contributed by atoms with E-state index in [2.05, 4.69) is 31.7 Å². The molecule has 8 heteroatoms. The zero-order chi connectivity index (χ0) is 19.2. The average Bonchev–Trinajstić information content (AvgIpc) is 2.83. The second-order valence-electron chi connectivity index (χ2n) is 6.64. The molecule has 2 amide bonds. The van der Waals surface area contributed by atoms with Crippen molar-refractivity contribution in [2.75, 3.05) is 6.61 Å². The van der Waals surface area contributed by atoms with Crippen LogP contribution in [0.3, 0.4) is 0 Å². The molecule has 1 heterocycles. The van der Waals surface area contributed by atoms with Gasteiger partial charge in [-0.25, -0.2) is 0 Å². The zero-order valence-electron chi connectivity index (χ0n) is 15.9. The number of carbonyl (C=O) groups excluding carboxylic acids is 2. The number of nitrogens with one attached hydrogen (secondary N) is 2. The maximum Gasteiger partial charge on any atom is 0.251 e. The Hall–Kier alpha value is -1.41. The van der Waals surface area contributed by atoms with Crippen LogP contribution in [0.1, 0.15) is 46.7 Å². The van der Waals surface area contributed by atoms with Crippen LogP contribution in [0.5, 0.6) is 0 Å². The van der Waals surface area contributed by atoms with Crippen molar-refractivity contribution in [1.82, 2.24) is 20.4 Å². The van der Waals surface area contributed by atoms with Crippen molar-refractivity contribution < 1.29 is 14.3 Å². The second kappa shape index (κ2) is 9.33. The van der Waals surface area contributed by atoms with E-state index in [-0.39, 0.29) is 23.9 Å². The van der Waals surface area contributed by atoms with Gasteiger partial charge in [0, 0.05) is 37.9 Å². The normalized spacial score (nSPS) is 14.0. The quantitative estimate of drug-likeness (QED) is 0.645. The summed E-state index contributed by atoms with van der Waals surface area (Å²) in [6, 6.07) is -0.405. The zero-order valence-corrected chi connectivity index (χ0v) is 17.4. The molecule has 0 aliphatic carbocycles. The molecular formula is C17H29BrN4O3. The molecule has 0 saturated heterocycles. The molecule has 2 atom stereocenters. The van der Waals surface area contributed by atoms with E-state index in [0.717, 1.165) is 10.2 Å². The summed E-state index contributed by atoms with van der Waals surface area (Å²) in [5.41, 5.74) is -0.0000334. The Bertz CT molecular complexity index is 581. The van der Waals surface area contributed by atoms with E-state index in [1.54, 1.807) is 18.5 Å². The molecule has 7 nitrogen and oxygen atoms in total. The Morgan fingerprint density at radius 1 is 1.32 bits per heavy atom. The summed E-state index contributed by atoms with van der Waals surface area (Å²) in [7, 11) is 0. The van der Waals surface area contributed by atoms with Gasteiger partial charge in [-0.15, -0.1) is 0 Å². The lowest BCUT2D eigenvalue weighted by atomic mass is 10.1. The van der Waals surface area contributed by atoms with Gasteiger partial charge in [0.1, 0.15) is 5.60 Å². The van der Waals surface area contributed by atoms with Crippen LogP contribution in [0.15, 0.2) is 10.7 Å². The number of aromatic nitrogens is 2. The summed E-state index contributed by atoms with van der Waals surface area (Å²) in [4.78, 5) is 24.3. The lowest BCUT2D eigenvalue weighted by Gasteiger charge is -2.28. The standard InChI is InChI=1S/C17H29BrN4O3/c1-7-25-17(5,6)16(24)20-12(3)11(2)19-15(23)8-9-22-10-14(18)13(4)21-22/h10-12H,7-9H2,1-6H3,(H,19,23)(H,20,24). The largest absolute Gasteiger partial charge is 0.366 e. The molecule has 1 aromatic heterocycles. The minimum absolute atomic E-state index is 0.0815. The van der Waals surface area contributed by atoms with Gasteiger partial charge < -0.3 is 15.4 Å². The van der Waals surface area contributed by atoms with E-state index >= 15 is 0 Å². The summed E-state index contributed by atoms with van der Waals surface area (Å²) < 4.78 is 8.10. The Balaban J connectivity index is 2.44. The van der Waals surface area contributed by atoms with Gasteiger partial charge in [-0.05, 0) is 57.5 Å². The number of rotatable bonds is 9. The van der Waals surface area contributed by atoms with Crippen LogP contribution in [0.2, 0.25) is 0 Å². The first kappa shape index (κ1) is 21.6. The molecule has 0 bridgehead atoms. The number of hydrogen-bond donors (Lipinski definition) is 2. The minimum atomic E-state index is -0.891. The van der Waals surface area contributed by atoms with Crippen LogP contribution in [0, 0.1) is 6.92 Å². The summed E-state index contributed by atoms with van der Waals surface area (Å²) >= 11 is 3.40. The maximum atomic E-state index is 12.2. The van der Waals surface area contributed by atoms with E-state index in [1.165, 1.54) is 0 Å². The molecular weight excluding hydrogens is 388 g/mol. The van der Waals surface area contributed by atoms with Crippen LogP contribution < -0.4 is 10.6 Å². The van der Waals surface area contributed by atoms with Crippen molar-refractivity contribution in [3.8, 4) is 0 Å². The van der Waals surface area contributed by atoms with E-state index < -0.39 is 5.60 Å². The Labute approximate surface area is 158 Å². The van der Waals surface area contributed by atoms with Gasteiger partial charge in [0.2, 0.25) is 5.91 Å². The van der Waals surface area contributed by atoms with Crippen LogP contribution in [-0.4, -0.2) is 45.9 Å². The molecule has 0 aliphatic heterocycles. The molecule has 0 fully saturated rings. The van der Waals surface area contributed by atoms with Crippen molar-refractivity contribution in [3.05, 3.63) is 16.4 Å². The third-order valence-corrected chi connectivity index (χ3v) is 4.78. The highest BCUT2D eigenvalue weighted by molar-refractivity contribution is 9.10. The predicted octanol–water partition coefficient (Wildman–Crippen LogP) is 2.17. The Morgan fingerprint density at radius 3 is 2.44 bits per heavy atom. The fourth-order valence-electron chi connectivity index (χ4n) is 2.21. The summed E-state index contributed by atoms with van der Waals surface area (Å²) in [5, 5.41) is 10.1. The Morgan fingerprint density at radius 2 is 1.92 bits per heavy atom. The third-order valence-electron chi connectivity index (χ3n) is 4.00. The highest BCUT2D eigenvalue weighted by Gasteiger charge is 2.30. The number of hydrogen-bond acceptors (Lipinski definition) is 4. The van der Waals surface area contributed by atoms with E-state index in [0.29, 0.717) is 19.6 Å². The molecule has 2 N–H and O–H groups in total. The first-order valence-corrected chi connectivity index (χ1v) is 9.30. The highest BCUT2D eigenvalue weighted by atomic mass is 79.9. The Kier molecular flexibility index (Phi) is 8.08. The first-order valence-electron chi connectivity index (χ1n) is 8.50. The number of amides is 2. The molecule has 0 radical (unpaired) electrons. The van der Waals surface area contributed by atoms with Gasteiger partial charge in [0.25, 0.3) is 5.91 Å².